The van der Waals surface area contributed by atoms with Crippen LogP contribution >= 0.6 is 0 Å². The summed E-state index contributed by atoms with van der Waals surface area (Å²) in [4.78, 5) is 15.1. The van der Waals surface area contributed by atoms with Crippen LogP contribution in [0.25, 0.3) is 0 Å². The van der Waals surface area contributed by atoms with Crippen molar-refractivity contribution in [2.75, 3.05) is 13.2 Å². The van der Waals surface area contributed by atoms with Gasteiger partial charge in [0.05, 0.1) is 18.4 Å². The summed E-state index contributed by atoms with van der Waals surface area (Å²) < 4.78 is 18.2. The maximum Gasteiger partial charge on any atom is 0.168 e. The SMILES string of the molecule is CCCOCCC(=O)c1ccncc1F. The lowest BCUT2D eigenvalue weighted by Crippen LogP contribution is -2.07. The van der Waals surface area contributed by atoms with E-state index in [1.165, 1.54) is 12.3 Å². The van der Waals surface area contributed by atoms with Crippen LogP contribution in [0.5, 0.6) is 0 Å². The Morgan fingerprint density at radius 2 is 2.33 bits per heavy atom. The Balaban J connectivity index is 2.44. The summed E-state index contributed by atoms with van der Waals surface area (Å²) in [5.41, 5.74) is 0.0881. The highest BCUT2D eigenvalue weighted by molar-refractivity contribution is 5.96. The highest BCUT2D eigenvalue weighted by atomic mass is 19.1. The smallest absolute Gasteiger partial charge is 0.168 e. The summed E-state index contributed by atoms with van der Waals surface area (Å²) in [6, 6.07) is 1.39. The number of ketones is 1. The van der Waals surface area contributed by atoms with Crippen LogP contribution < -0.4 is 0 Å². The van der Waals surface area contributed by atoms with Crippen LogP contribution in [0, 0.1) is 5.82 Å². The van der Waals surface area contributed by atoms with E-state index in [0.717, 1.165) is 12.6 Å². The van der Waals surface area contributed by atoms with Gasteiger partial charge >= 0.3 is 0 Å². The molecule has 0 fully saturated rings. The maximum absolute atomic E-state index is 13.1. The molecule has 0 atom stereocenters. The molecule has 0 aliphatic carbocycles. The molecule has 0 saturated heterocycles. The summed E-state index contributed by atoms with van der Waals surface area (Å²) >= 11 is 0. The molecule has 0 radical (unpaired) electrons. The molecular weight excluding hydrogens is 197 g/mol. The van der Waals surface area contributed by atoms with E-state index in [9.17, 15) is 9.18 Å². The van der Waals surface area contributed by atoms with Crippen LogP contribution in [-0.2, 0) is 4.74 Å². The molecule has 0 N–H and O–H groups in total. The van der Waals surface area contributed by atoms with Crippen LogP contribution in [0.1, 0.15) is 30.1 Å². The third-order valence-corrected chi connectivity index (χ3v) is 1.89. The number of rotatable bonds is 6. The molecule has 1 aromatic rings. The Hall–Kier alpha value is -1.29. The second-order valence-corrected chi connectivity index (χ2v) is 3.14. The predicted octanol–water partition coefficient (Wildman–Crippen LogP) is 2.22. The molecule has 82 valence electrons. The van der Waals surface area contributed by atoms with Crippen molar-refractivity contribution in [3.05, 3.63) is 29.8 Å². The largest absolute Gasteiger partial charge is 0.381 e. The minimum Gasteiger partial charge on any atom is -0.381 e. The number of carbonyl (C=O) groups is 1. The van der Waals surface area contributed by atoms with Crippen LogP contribution in [0.3, 0.4) is 0 Å². The molecule has 0 aliphatic heterocycles. The molecule has 0 unspecified atom stereocenters. The van der Waals surface area contributed by atoms with Crippen molar-refractivity contribution in [2.45, 2.75) is 19.8 Å². The number of ether oxygens (including phenoxy) is 1. The molecular formula is C11H14FNO2. The van der Waals surface area contributed by atoms with Gasteiger partial charge in [-0.1, -0.05) is 6.92 Å². The summed E-state index contributed by atoms with van der Waals surface area (Å²) in [5, 5.41) is 0. The average Bonchev–Trinajstić information content (AvgIpc) is 2.25. The standard InChI is InChI=1S/C11H14FNO2/c1-2-6-15-7-4-11(14)9-3-5-13-8-10(9)12/h3,5,8H,2,4,6-7H2,1H3. The maximum atomic E-state index is 13.1. The Morgan fingerprint density at radius 3 is 3.00 bits per heavy atom. The van der Waals surface area contributed by atoms with Crippen molar-refractivity contribution in [1.29, 1.82) is 0 Å². The molecule has 4 heteroatoms. The first-order chi connectivity index (χ1) is 7.25. The number of pyridine rings is 1. The molecule has 0 aromatic carbocycles. The highest BCUT2D eigenvalue weighted by Crippen LogP contribution is 2.07. The van der Waals surface area contributed by atoms with Gasteiger partial charge in [-0.2, -0.15) is 0 Å². The van der Waals surface area contributed by atoms with E-state index >= 15 is 0 Å². The van der Waals surface area contributed by atoms with Gasteiger partial charge in [0.15, 0.2) is 11.6 Å². The highest BCUT2D eigenvalue weighted by Gasteiger charge is 2.10. The number of Topliss-reactive ketones (excluding diaryl/α,β-unsaturated/α-hetero) is 1. The third-order valence-electron chi connectivity index (χ3n) is 1.89. The lowest BCUT2D eigenvalue weighted by Gasteiger charge is -2.02. The van der Waals surface area contributed by atoms with Crippen LogP contribution in [0.4, 0.5) is 4.39 Å². The zero-order chi connectivity index (χ0) is 11.1. The summed E-state index contributed by atoms with van der Waals surface area (Å²) in [6.45, 7) is 2.96. The van der Waals surface area contributed by atoms with Crippen LogP contribution in [-0.4, -0.2) is 24.0 Å². The lowest BCUT2D eigenvalue weighted by molar-refractivity contribution is 0.0875. The molecule has 0 spiro atoms. The quantitative estimate of drug-likeness (QED) is 0.535. The minimum atomic E-state index is -0.571. The van der Waals surface area contributed by atoms with Gasteiger partial charge in [-0.3, -0.25) is 9.78 Å². The first-order valence-electron chi connectivity index (χ1n) is 4.96. The molecule has 0 saturated carbocycles. The zero-order valence-corrected chi connectivity index (χ0v) is 8.70. The Morgan fingerprint density at radius 1 is 1.53 bits per heavy atom. The van der Waals surface area contributed by atoms with E-state index in [-0.39, 0.29) is 17.8 Å². The lowest BCUT2D eigenvalue weighted by atomic mass is 10.1. The number of nitrogens with zero attached hydrogens (tertiary/aromatic N) is 1. The van der Waals surface area contributed by atoms with E-state index in [4.69, 9.17) is 4.74 Å². The van der Waals surface area contributed by atoms with E-state index in [2.05, 4.69) is 4.98 Å². The molecule has 0 amide bonds. The van der Waals surface area contributed by atoms with E-state index < -0.39 is 5.82 Å². The number of aromatic nitrogens is 1. The van der Waals surface area contributed by atoms with Gasteiger partial charge < -0.3 is 4.74 Å². The van der Waals surface area contributed by atoms with Crippen molar-refractivity contribution in [3.8, 4) is 0 Å². The number of carbonyl (C=O) groups excluding carboxylic acids is 1. The van der Waals surface area contributed by atoms with Crippen molar-refractivity contribution in [3.63, 3.8) is 0 Å². The predicted molar refractivity (Wildman–Crippen MR) is 54.3 cm³/mol. The second-order valence-electron chi connectivity index (χ2n) is 3.14. The van der Waals surface area contributed by atoms with E-state index in [1.807, 2.05) is 6.92 Å². The fraction of sp³-hybridized carbons (Fsp3) is 0.455. The summed E-state index contributed by atoms with van der Waals surface area (Å²) in [6.07, 6.45) is 3.57. The normalized spacial score (nSPS) is 10.3. The van der Waals surface area contributed by atoms with Gasteiger partial charge in [-0.05, 0) is 12.5 Å². The minimum absolute atomic E-state index is 0.0881. The van der Waals surface area contributed by atoms with Gasteiger partial charge in [0, 0.05) is 19.2 Å². The Bertz CT molecular complexity index is 328. The molecule has 1 aromatic heterocycles. The van der Waals surface area contributed by atoms with Gasteiger partial charge in [0.25, 0.3) is 0 Å². The summed E-state index contributed by atoms with van der Waals surface area (Å²) in [5.74, 6) is -0.816. The number of halogens is 1. The van der Waals surface area contributed by atoms with Gasteiger partial charge in [-0.25, -0.2) is 4.39 Å². The molecule has 0 bridgehead atoms. The Labute approximate surface area is 88.3 Å². The zero-order valence-electron chi connectivity index (χ0n) is 8.70. The monoisotopic (exact) mass is 211 g/mol. The molecule has 1 rings (SSSR count). The van der Waals surface area contributed by atoms with Gasteiger partial charge in [-0.15, -0.1) is 0 Å². The van der Waals surface area contributed by atoms with Crippen LogP contribution in [0.15, 0.2) is 18.5 Å². The van der Waals surface area contributed by atoms with Crippen molar-refractivity contribution in [1.82, 2.24) is 4.98 Å². The van der Waals surface area contributed by atoms with E-state index in [1.54, 1.807) is 0 Å². The molecule has 15 heavy (non-hydrogen) atoms. The molecule has 3 nitrogen and oxygen atoms in total. The van der Waals surface area contributed by atoms with Crippen molar-refractivity contribution in [2.24, 2.45) is 0 Å². The molecule has 0 aliphatic rings. The van der Waals surface area contributed by atoms with Gasteiger partial charge in [0.1, 0.15) is 0 Å². The fourth-order valence-corrected chi connectivity index (χ4v) is 1.15. The topological polar surface area (TPSA) is 39.2 Å². The van der Waals surface area contributed by atoms with Crippen LogP contribution in [0.2, 0.25) is 0 Å². The number of hydrogen-bond acceptors (Lipinski definition) is 3. The van der Waals surface area contributed by atoms with Crippen molar-refractivity contribution >= 4 is 5.78 Å². The first-order valence-corrected chi connectivity index (χ1v) is 4.96. The fourth-order valence-electron chi connectivity index (χ4n) is 1.15. The second kappa shape index (κ2) is 6.24. The Kier molecular flexibility index (Phi) is 4.90. The summed E-state index contributed by atoms with van der Waals surface area (Å²) in [7, 11) is 0. The average molecular weight is 211 g/mol. The van der Waals surface area contributed by atoms with Crippen molar-refractivity contribution < 1.29 is 13.9 Å². The van der Waals surface area contributed by atoms with Gasteiger partial charge in [0.2, 0.25) is 0 Å². The molecule has 1 heterocycles. The van der Waals surface area contributed by atoms with E-state index in [0.29, 0.717) is 13.2 Å². The first kappa shape index (κ1) is 11.8. The number of hydrogen-bond donors (Lipinski definition) is 0. The third kappa shape index (κ3) is 3.75.